The van der Waals surface area contributed by atoms with Crippen LogP contribution in [0.4, 0.5) is 4.79 Å². The van der Waals surface area contributed by atoms with Gasteiger partial charge in [0.2, 0.25) is 0 Å². The average Bonchev–Trinajstić information content (AvgIpc) is 2.52. The van der Waals surface area contributed by atoms with Gasteiger partial charge in [-0.1, -0.05) is 30.3 Å². The van der Waals surface area contributed by atoms with E-state index in [9.17, 15) is 9.90 Å². The smallest absolute Gasteiger partial charge is 0.314 e. The van der Waals surface area contributed by atoms with Gasteiger partial charge in [-0.3, -0.25) is 0 Å². The summed E-state index contributed by atoms with van der Waals surface area (Å²) in [6.07, 6.45) is 2.35. The topological polar surface area (TPSA) is 64.6 Å². The molecule has 0 bridgehead atoms. The van der Waals surface area contributed by atoms with E-state index in [-0.39, 0.29) is 12.6 Å². The number of hydrogen-bond donors (Lipinski definition) is 3. The van der Waals surface area contributed by atoms with Crippen molar-refractivity contribution in [2.45, 2.75) is 25.4 Å². The minimum absolute atomic E-state index is 0.188. The first-order valence-corrected chi connectivity index (χ1v) is 7.95. The van der Waals surface area contributed by atoms with Crippen molar-refractivity contribution in [3.05, 3.63) is 35.9 Å². The fourth-order valence-corrected chi connectivity index (χ4v) is 2.89. The van der Waals surface area contributed by atoms with Crippen LogP contribution < -0.4 is 10.6 Å². The Morgan fingerprint density at radius 2 is 2.09 bits per heavy atom. The number of urea groups is 1. The van der Waals surface area contributed by atoms with Gasteiger partial charge >= 0.3 is 6.03 Å². The fraction of sp³-hybridized carbons (Fsp3) is 0.588. The lowest BCUT2D eigenvalue weighted by molar-refractivity contribution is 0.0593. The number of benzene rings is 1. The predicted octanol–water partition coefficient (Wildman–Crippen LogP) is 1.54. The molecule has 2 rings (SSSR count). The van der Waals surface area contributed by atoms with Crippen molar-refractivity contribution in [3.63, 3.8) is 0 Å². The standard InChI is InChI=1S/C17H27N3O2/c1-17(22,15-8-4-3-5-9-15)13-19-16(21)18-11-14-7-6-10-20(2)12-14/h3-5,8-9,14,22H,6-7,10-13H2,1-2H3,(H2,18,19,21). The monoisotopic (exact) mass is 305 g/mol. The van der Waals surface area contributed by atoms with Crippen molar-refractivity contribution in [1.29, 1.82) is 0 Å². The van der Waals surface area contributed by atoms with Gasteiger partial charge in [0.1, 0.15) is 5.60 Å². The molecule has 1 aliphatic heterocycles. The lowest BCUT2D eigenvalue weighted by atomic mass is 9.96. The van der Waals surface area contributed by atoms with E-state index in [1.165, 1.54) is 6.42 Å². The number of nitrogens with zero attached hydrogens (tertiary/aromatic N) is 1. The van der Waals surface area contributed by atoms with Gasteiger partial charge in [-0.25, -0.2) is 4.79 Å². The Labute approximate surface area is 132 Å². The molecule has 1 fully saturated rings. The summed E-state index contributed by atoms with van der Waals surface area (Å²) in [7, 11) is 2.11. The molecule has 5 nitrogen and oxygen atoms in total. The molecule has 0 aromatic heterocycles. The summed E-state index contributed by atoms with van der Waals surface area (Å²) in [5.74, 6) is 0.513. The fourth-order valence-electron chi connectivity index (χ4n) is 2.89. The van der Waals surface area contributed by atoms with Crippen LogP contribution in [0.3, 0.4) is 0 Å². The minimum atomic E-state index is -1.07. The molecular weight excluding hydrogens is 278 g/mol. The van der Waals surface area contributed by atoms with Gasteiger partial charge in [0.15, 0.2) is 0 Å². The van der Waals surface area contributed by atoms with Gasteiger partial charge < -0.3 is 20.6 Å². The third-order valence-corrected chi connectivity index (χ3v) is 4.26. The van der Waals surface area contributed by atoms with Gasteiger partial charge in [0.05, 0.1) is 6.54 Å². The van der Waals surface area contributed by atoms with Crippen molar-refractivity contribution < 1.29 is 9.90 Å². The Bertz CT molecular complexity index is 476. The lowest BCUT2D eigenvalue weighted by Crippen LogP contribution is -2.46. The van der Waals surface area contributed by atoms with E-state index in [1.807, 2.05) is 30.3 Å². The molecule has 0 aliphatic carbocycles. The summed E-state index contributed by atoms with van der Waals surface area (Å²) >= 11 is 0. The normalized spacial score (nSPS) is 21.9. The van der Waals surface area contributed by atoms with Crippen LogP contribution in [0.25, 0.3) is 0 Å². The van der Waals surface area contributed by atoms with Gasteiger partial charge in [-0.15, -0.1) is 0 Å². The van der Waals surface area contributed by atoms with Crippen molar-refractivity contribution in [1.82, 2.24) is 15.5 Å². The number of carbonyl (C=O) groups excluding carboxylic acids is 1. The zero-order valence-corrected chi connectivity index (χ0v) is 13.5. The first-order chi connectivity index (χ1) is 10.5. The average molecular weight is 305 g/mol. The highest BCUT2D eigenvalue weighted by molar-refractivity contribution is 5.73. The maximum atomic E-state index is 11.9. The van der Waals surface area contributed by atoms with Gasteiger partial charge in [0.25, 0.3) is 0 Å². The Morgan fingerprint density at radius 3 is 2.77 bits per heavy atom. The number of piperidine rings is 1. The molecule has 5 heteroatoms. The first-order valence-electron chi connectivity index (χ1n) is 7.95. The molecule has 1 aromatic rings. The largest absolute Gasteiger partial charge is 0.384 e. The van der Waals surface area contributed by atoms with Crippen LogP contribution in [-0.2, 0) is 5.60 Å². The van der Waals surface area contributed by atoms with Crippen LogP contribution in [0, 0.1) is 5.92 Å². The molecule has 22 heavy (non-hydrogen) atoms. The summed E-state index contributed by atoms with van der Waals surface area (Å²) in [5.41, 5.74) is -0.270. The van der Waals surface area contributed by atoms with E-state index in [0.29, 0.717) is 12.5 Å². The van der Waals surface area contributed by atoms with Crippen LogP contribution in [0.5, 0.6) is 0 Å². The summed E-state index contributed by atoms with van der Waals surface area (Å²) in [4.78, 5) is 14.2. The zero-order valence-electron chi connectivity index (χ0n) is 13.5. The lowest BCUT2D eigenvalue weighted by Gasteiger charge is -2.30. The highest BCUT2D eigenvalue weighted by Gasteiger charge is 2.24. The molecule has 1 aromatic carbocycles. The minimum Gasteiger partial charge on any atom is -0.384 e. The second-order valence-electron chi connectivity index (χ2n) is 6.47. The molecule has 122 valence electrons. The highest BCUT2D eigenvalue weighted by Crippen LogP contribution is 2.18. The van der Waals surface area contributed by atoms with Crippen LogP contribution in [0.2, 0.25) is 0 Å². The molecule has 2 atom stereocenters. The van der Waals surface area contributed by atoms with Crippen LogP contribution >= 0.6 is 0 Å². The van der Waals surface area contributed by atoms with Crippen LogP contribution in [0.1, 0.15) is 25.3 Å². The number of carbonyl (C=O) groups is 1. The quantitative estimate of drug-likeness (QED) is 0.773. The van der Waals surface area contributed by atoms with E-state index in [4.69, 9.17) is 0 Å². The molecule has 3 N–H and O–H groups in total. The molecule has 0 saturated carbocycles. The van der Waals surface area contributed by atoms with Crippen LogP contribution in [0.15, 0.2) is 30.3 Å². The first kappa shape index (κ1) is 16.8. The van der Waals surface area contributed by atoms with E-state index in [1.54, 1.807) is 6.92 Å². The molecule has 1 aliphatic rings. The molecule has 1 saturated heterocycles. The molecule has 2 unspecified atom stereocenters. The molecule has 0 spiro atoms. The number of aliphatic hydroxyl groups is 1. The van der Waals surface area contributed by atoms with Crippen molar-refractivity contribution in [2.75, 3.05) is 33.2 Å². The van der Waals surface area contributed by atoms with Crippen molar-refractivity contribution >= 4 is 6.03 Å². The molecular formula is C17H27N3O2. The van der Waals surface area contributed by atoms with Crippen molar-refractivity contribution in [3.8, 4) is 0 Å². The third kappa shape index (κ3) is 5.00. The maximum Gasteiger partial charge on any atom is 0.314 e. The third-order valence-electron chi connectivity index (χ3n) is 4.26. The van der Waals surface area contributed by atoms with E-state index >= 15 is 0 Å². The van der Waals surface area contributed by atoms with Crippen molar-refractivity contribution in [2.24, 2.45) is 5.92 Å². The number of hydrogen-bond acceptors (Lipinski definition) is 3. The number of likely N-dealkylation sites (tertiary alicyclic amines) is 1. The van der Waals surface area contributed by atoms with E-state index < -0.39 is 5.60 Å². The summed E-state index contributed by atoms with van der Waals surface area (Å²) in [6, 6.07) is 9.16. The summed E-state index contributed by atoms with van der Waals surface area (Å²) in [6.45, 7) is 4.75. The Balaban J connectivity index is 1.73. The maximum absolute atomic E-state index is 11.9. The second kappa shape index (κ2) is 7.61. The zero-order chi connectivity index (χ0) is 16.0. The number of amides is 2. The summed E-state index contributed by atoms with van der Waals surface area (Å²) in [5, 5.41) is 16.1. The predicted molar refractivity (Wildman–Crippen MR) is 87.6 cm³/mol. The molecule has 0 radical (unpaired) electrons. The highest BCUT2D eigenvalue weighted by atomic mass is 16.3. The Hall–Kier alpha value is -1.59. The summed E-state index contributed by atoms with van der Waals surface area (Å²) < 4.78 is 0. The SMILES string of the molecule is CN1CCCC(CNC(=O)NCC(C)(O)c2ccccc2)C1. The second-order valence-corrected chi connectivity index (χ2v) is 6.47. The van der Waals surface area contributed by atoms with E-state index in [2.05, 4.69) is 22.6 Å². The van der Waals surface area contributed by atoms with Crippen LogP contribution in [-0.4, -0.2) is 49.3 Å². The van der Waals surface area contributed by atoms with Gasteiger partial charge in [-0.05, 0) is 44.8 Å². The Kier molecular flexibility index (Phi) is 5.80. The van der Waals surface area contributed by atoms with E-state index in [0.717, 1.165) is 25.1 Å². The molecule has 2 amide bonds. The van der Waals surface area contributed by atoms with Gasteiger partial charge in [0, 0.05) is 13.1 Å². The van der Waals surface area contributed by atoms with Gasteiger partial charge in [-0.2, -0.15) is 0 Å². The Morgan fingerprint density at radius 1 is 1.36 bits per heavy atom. The number of nitrogens with one attached hydrogen (secondary N) is 2. The molecule has 1 heterocycles. The number of rotatable bonds is 5.